The SMILES string of the molecule is CCCCC(CC)COC(=O)c1ccc(C)o1. The molecular formula is C14H22O3. The van der Waals surface area contributed by atoms with E-state index in [1.807, 2.05) is 6.92 Å². The quantitative estimate of drug-likeness (QED) is 0.675. The summed E-state index contributed by atoms with van der Waals surface area (Å²) >= 11 is 0. The molecule has 1 atom stereocenters. The number of rotatable bonds is 7. The van der Waals surface area contributed by atoms with Gasteiger partial charge in [0.1, 0.15) is 5.76 Å². The molecule has 0 aliphatic carbocycles. The number of esters is 1. The van der Waals surface area contributed by atoms with Crippen LogP contribution in [0.5, 0.6) is 0 Å². The monoisotopic (exact) mass is 238 g/mol. The van der Waals surface area contributed by atoms with Crippen LogP contribution in [0.3, 0.4) is 0 Å². The third-order valence-electron chi connectivity index (χ3n) is 2.93. The number of hydrogen-bond acceptors (Lipinski definition) is 3. The summed E-state index contributed by atoms with van der Waals surface area (Å²) in [6, 6.07) is 3.43. The summed E-state index contributed by atoms with van der Waals surface area (Å²) < 4.78 is 10.5. The van der Waals surface area contributed by atoms with E-state index in [1.54, 1.807) is 12.1 Å². The Balaban J connectivity index is 2.36. The standard InChI is InChI=1S/C14H22O3/c1-4-6-7-12(5-2)10-16-14(15)13-9-8-11(3)17-13/h8-9,12H,4-7,10H2,1-3H3. The molecule has 3 heteroatoms. The van der Waals surface area contributed by atoms with E-state index in [4.69, 9.17) is 9.15 Å². The predicted octanol–water partition coefficient (Wildman–Crippen LogP) is 3.96. The van der Waals surface area contributed by atoms with Crippen LogP contribution in [0.4, 0.5) is 0 Å². The average Bonchev–Trinajstić information content (AvgIpc) is 2.76. The maximum atomic E-state index is 11.6. The second kappa shape index (κ2) is 7.15. The summed E-state index contributed by atoms with van der Waals surface area (Å²) in [5, 5.41) is 0. The molecular weight excluding hydrogens is 216 g/mol. The summed E-state index contributed by atoms with van der Waals surface area (Å²) in [5.41, 5.74) is 0. The fourth-order valence-corrected chi connectivity index (χ4v) is 1.71. The largest absolute Gasteiger partial charge is 0.460 e. The van der Waals surface area contributed by atoms with E-state index in [0.717, 1.165) is 18.6 Å². The van der Waals surface area contributed by atoms with E-state index in [2.05, 4.69) is 13.8 Å². The lowest BCUT2D eigenvalue weighted by Gasteiger charge is -2.13. The van der Waals surface area contributed by atoms with Crippen LogP contribution < -0.4 is 0 Å². The van der Waals surface area contributed by atoms with E-state index < -0.39 is 0 Å². The number of furan rings is 1. The molecule has 1 rings (SSSR count). The van der Waals surface area contributed by atoms with Gasteiger partial charge in [0.2, 0.25) is 5.76 Å². The summed E-state index contributed by atoms with van der Waals surface area (Å²) in [4.78, 5) is 11.6. The average molecular weight is 238 g/mol. The van der Waals surface area contributed by atoms with Gasteiger partial charge >= 0.3 is 5.97 Å². The Morgan fingerprint density at radius 3 is 2.71 bits per heavy atom. The van der Waals surface area contributed by atoms with E-state index in [0.29, 0.717) is 18.3 Å². The first-order valence-corrected chi connectivity index (χ1v) is 6.40. The predicted molar refractivity (Wildman–Crippen MR) is 67.0 cm³/mol. The van der Waals surface area contributed by atoms with Crippen molar-refractivity contribution in [3.05, 3.63) is 23.7 Å². The van der Waals surface area contributed by atoms with Gasteiger partial charge in [0.15, 0.2) is 0 Å². The fraction of sp³-hybridized carbons (Fsp3) is 0.643. The molecule has 0 spiro atoms. The lowest BCUT2D eigenvalue weighted by Crippen LogP contribution is -2.13. The van der Waals surface area contributed by atoms with Crippen molar-refractivity contribution >= 4 is 5.97 Å². The van der Waals surface area contributed by atoms with Crippen molar-refractivity contribution in [2.45, 2.75) is 46.5 Å². The summed E-state index contributed by atoms with van der Waals surface area (Å²) in [6.45, 7) is 6.61. The molecule has 0 fully saturated rings. The zero-order valence-corrected chi connectivity index (χ0v) is 11.0. The molecule has 0 N–H and O–H groups in total. The second-order valence-electron chi connectivity index (χ2n) is 4.43. The van der Waals surface area contributed by atoms with Crippen molar-refractivity contribution in [1.82, 2.24) is 0 Å². The first-order chi connectivity index (χ1) is 8.17. The number of unbranched alkanes of at least 4 members (excludes halogenated alkanes) is 1. The molecule has 0 saturated heterocycles. The molecule has 1 aromatic heterocycles. The number of ether oxygens (including phenoxy) is 1. The van der Waals surface area contributed by atoms with E-state index in [9.17, 15) is 4.79 Å². The molecule has 96 valence electrons. The van der Waals surface area contributed by atoms with Gasteiger partial charge in [-0.05, 0) is 31.4 Å². The Labute approximate surface area is 103 Å². The molecule has 0 aliphatic heterocycles. The van der Waals surface area contributed by atoms with Gasteiger partial charge in [-0.1, -0.05) is 33.1 Å². The van der Waals surface area contributed by atoms with Crippen molar-refractivity contribution in [3.8, 4) is 0 Å². The highest BCUT2D eigenvalue weighted by Gasteiger charge is 2.14. The Morgan fingerprint density at radius 1 is 1.41 bits per heavy atom. The molecule has 1 unspecified atom stereocenters. The highest BCUT2D eigenvalue weighted by Crippen LogP contribution is 2.14. The van der Waals surface area contributed by atoms with Crippen LogP contribution in [0.2, 0.25) is 0 Å². The number of hydrogen-bond donors (Lipinski definition) is 0. The van der Waals surface area contributed by atoms with E-state index in [1.165, 1.54) is 12.8 Å². The van der Waals surface area contributed by atoms with Gasteiger partial charge in [0, 0.05) is 0 Å². The van der Waals surface area contributed by atoms with Crippen LogP contribution in [0.1, 0.15) is 55.8 Å². The van der Waals surface area contributed by atoms with Gasteiger partial charge < -0.3 is 9.15 Å². The fourth-order valence-electron chi connectivity index (χ4n) is 1.71. The first kappa shape index (κ1) is 13.8. The molecule has 0 aromatic carbocycles. The van der Waals surface area contributed by atoms with Crippen molar-refractivity contribution in [1.29, 1.82) is 0 Å². The van der Waals surface area contributed by atoms with E-state index in [-0.39, 0.29) is 5.97 Å². The Kier molecular flexibility index (Phi) is 5.81. The van der Waals surface area contributed by atoms with Crippen molar-refractivity contribution in [2.24, 2.45) is 5.92 Å². The molecule has 3 nitrogen and oxygen atoms in total. The molecule has 1 aromatic rings. The molecule has 0 saturated carbocycles. The minimum atomic E-state index is -0.354. The third kappa shape index (κ3) is 4.63. The van der Waals surface area contributed by atoms with Crippen LogP contribution in [0.15, 0.2) is 16.5 Å². The maximum Gasteiger partial charge on any atom is 0.374 e. The number of carbonyl (C=O) groups excluding carboxylic acids is 1. The minimum Gasteiger partial charge on any atom is -0.460 e. The second-order valence-corrected chi connectivity index (χ2v) is 4.43. The van der Waals surface area contributed by atoms with Gasteiger partial charge in [0.05, 0.1) is 6.61 Å². The Hall–Kier alpha value is -1.25. The van der Waals surface area contributed by atoms with Crippen molar-refractivity contribution in [3.63, 3.8) is 0 Å². The van der Waals surface area contributed by atoms with Crippen LogP contribution in [0, 0.1) is 12.8 Å². The molecule has 0 aliphatic rings. The van der Waals surface area contributed by atoms with Gasteiger partial charge in [-0.2, -0.15) is 0 Å². The van der Waals surface area contributed by atoms with Gasteiger partial charge in [-0.15, -0.1) is 0 Å². The van der Waals surface area contributed by atoms with Gasteiger partial charge in [-0.25, -0.2) is 4.79 Å². The first-order valence-electron chi connectivity index (χ1n) is 6.40. The van der Waals surface area contributed by atoms with Gasteiger partial charge in [-0.3, -0.25) is 0 Å². The summed E-state index contributed by atoms with van der Waals surface area (Å²) in [5.74, 6) is 1.14. The third-order valence-corrected chi connectivity index (χ3v) is 2.93. The normalized spacial score (nSPS) is 12.4. The maximum absolute atomic E-state index is 11.6. The summed E-state index contributed by atoms with van der Waals surface area (Å²) in [7, 11) is 0. The van der Waals surface area contributed by atoms with Crippen LogP contribution >= 0.6 is 0 Å². The highest BCUT2D eigenvalue weighted by molar-refractivity contribution is 5.86. The minimum absolute atomic E-state index is 0.299. The Morgan fingerprint density at radius 2 is 2.18 bits per heavy atom. The van der Waals surface area contributed by atoms with E-state index >= 15 is 0 Å². The summed E-state index contributed by atoms with van der Waals surface area (Å²) in [6.07, 6.45) is 4.54. The molecule has 17 heavy (non-hydrogen) atoms. The molecule has 0 amide bonds. The number of aryl methyl sites for hydroxylation is 1. The Bertz CT molecular complexity index is 341. The highest BCUT2D eigenvalue weighted by atomic mass is 16.5. The van der Waals surface area contributed by atoms with Crippen molar-refractivity contribution in [2.75, 3.05) is 6.61 Å². The van der Waals surface area contributed by atoms with Crippen molar-refractivity contribution < 1.29 is 13.9 Å². The zero-order valence-electron chi connectivity index (χ0n) is 11.0. The van der Waals surface area contributed by atoms with Crippen LogP contribution in [-0.4, -0.2) is 12.6 Å². The molecule has 0 radical (unpaired) electrons. The topological polar surface area (TPSA) is 39.4 Å². The number of carbonyl (C=O) groups is 1. The lowest BCUT2D eigenvalue weighted by atomic mass is 10.0. The zero-order chi connectivity index (χ0) is 12.7. The molecule has 0 bridgehead atoms. The van der Waals surface area contributed by atoms with Crippen LogP contribution in [-0.2, 0) is 4.74 Å². The van der Waals surface area contributed by atoms with Gasteiger partial charge in [0.25, 0.3) is 0 Å². The molecule has 1 heterocycles. The lowest BCUT2D eigenvalue weighted by molar-refractivity contribution is 0.0391. The van der Waals surface area contributed by atoms with Crippen LogP contribution in [0.25, 0.3) is 0 Å². The smallest absolute Gasteiger partial charge is 0.374 e.